The Morgan fingerprint density at radius 2 is 1.56 bits per heavy atom. The van der Waals surface area contributed by atoms with Crippen LogP contribution in [0.1, 0.15) is 40.3 Å². The quantitative estimate of drug-likeness (QED) is 0.230. The predicted molar refractivity (Wildman–Crippen MR) is 158 cm³/mol. The van der Waals surface area contributed by atoms with E-state index in [0.717, 1.165) is 29.4 Å². The molecule has 39 heavy (non-hydrogen) atoms. The van der Waals surface area contributed by atoms with Crippen molar-refractivity contribution in [3.8, 4) is 11.5 Å². The second-order valence-electron chi connectivity index (χ2n) is 9.67. The van der Waals surface area contributed by atoms with Gasteiger partial charge in [0.15, 0.2) is 5.11 Å². The molecule has 6 nitrogen and oxygen atoms in total. The van der Waals surface area contributed by atoms with Crippen LogP contribution < -0.4 is 15.0 Å². The van der Waals surface area contributed by atoms with E-state index in [1.165, 1.54) is 22.5 Å². The van der Waals surface area contributed by atoms with Crippen LogP contribution in [0.2, 0.25) is 0 Å². The molecular weight excluding hydrogens is 502 g/mol. The Morgan fingerprint density at radius 3 is 2.28 bits per heavy atom. The molecule has 1 aliphatic rings. The summed E-state index contributed by atoms with van der Waals surface area (Å²) in [5, 5.41) is 4.25. The number of nitrogens with zero attached hydrogens (tertiary/aromatic N) is 4. The summed E-state index contributed by atoms with van der Waals surface area (Å²) in [5.74, 6) is 1.58. The van der Waals surface area contributed by atoms with Gasteiger partial charge >= 0.3 is 0 Å². The minimum absolute atomic E-state index is 0.0781. The number of ether oxygens (including phenoxy) is 1. The minimum Gasteiger partial charge on any atom is -0.457 e. The van der Waals surface area contributed by atoms with Crippen molar-refractivity contribution in [3.63, 3.8) is 0 Å². The molecule has 7 heteroatoms. The van der Waals surface area contributed by atoms with E-state index in [0.29, 0.717) is 5.11 Å². The molecule has 194 valence electrons. The lowest BCUT2D eigenvalue weighted by Crippen LogP contribution is -2.29. The third kappa shape index (κ3) is 5.01. The van der Waals surface area contributed by atoms with Gasteiger partial charge in [0.1, 0.15) is 11.5 Å². The molecule has 0 spiro atoms. The molecule has 0 saturated carbocycles. The van der Waals surface area contributed by atoms with Crippen LogP contribution in [0.3, 0.4) is 0 Å². The fraction of sp³-hybridized carbons (Fsp3) is 0.156. The van der Waals surface area contributed by atoms with E-state index >= 15 is 0 Å². The molecule has 0 aliphatic carbocycles. The van der Waals surface area contributed by atoms with E-state index < -0.39 is 0 Å². The second kappa shape index (κ2) is 10.7. The monoisotopic (exact) mass is 531 g/mol. The largest absolute Gasteiger partial charge is 0.457 e. The van der Waals surface area contributed by atoms with Crippen molar-refractivity contribution < 1.29 is 4.74 Å². The number of nitrogens with one attached hydrogen (secondary N) is 1. The number of aryl methyl sites for hydroxylation is 1. The highest BCUT2D eigenvalue weighted by atomic mass is 32.1. The molecule has 5 aromatic rings. The van der Waals surface area contributed by atoms with E-state index in [4.69, 9.17) is 21.9 Å². The molecule has 1 saturated heterocycles. The van der Waals surface area contributed by atoms with E-state index in [-0.39, 0.29) is 12.1 Å². The van der Waals surface area contributed by atoms with Crippen molar-refractivity contribution in [2.45, 2.75) is 32.5 Å². The molecule has 1 N–H and O–H groups in total. The van der Waals surface area contributed by atoms with Crippen LogP contribution in [0.15, 0.2) is 110 Å². The molecule has 0 radical (unpaired) electrons. The van der Waals surface area contributed by atoms with Gasteiger partial charge in [-0.25, -0.2) is 0 Å². The van der Waals surface area contributed by atoms with Crippen molar-refractivity contribution in [1.29, 1.82) is 0 Å². The van der Waals surface area contributed by atoms with Gasteiger partial charge in [0, 0.05) is 42.2 Å². The number of rotatable bonds is 7. The smallest absolute Gasteiger partial charge is 0.174 e. The lowest BCUT2D eigenvalue weighted by molar-refractivity contribution is 0.482. The first kappa shape index (κ1) is 24.8. The second-order valence-corrected chi connectivity index (χ2v) is 10.1. The van der Waals surface area contributed by atoms with E-state index in [1.54, 1.807) is 0 Å². The molecule has 4 heterocycles. The van der Waals surface area contributed by atoms with E-state index in [2.05, 4.69) is 70.0 Å². The average Bonchev–Trinajstić information content (AvgIpc) is 3.46. The number of benzene rings is 2. The first-order valence-corrected chi connectivity index (χ1v) is 13.4. The standard InChI is InChI=1S/C32H29N5OS/c1-22-20-28(23(2)36(22)21-24-15-18-33-19-16-24)31-30(29-10-6-7-17-34-29)35-32(39)37(31)25-11-13-27(14-12-25)38-26-8-4-3-5-9-26/h3-20,30-31H,21H2,1-2H3,(H,35,39)/t30-,31+/m0/s1. The Hall–Kier alpha value is -4.49. The predicted octanol–water partition coefficient (Wildman–Crippen LogP) is 6.91. The Morgan fingerprint density at radius 1 is 0.846 bits per heavy atom. The Labute approximate surface area is 233 Å². The van der Waals surface area contributed by atoms with Crippen molar-refractivity contribution in [1.82, 2.24) is 19.9 Å². The van der Waals surface area contributed by atoms with Gasteiger partial charge in [-0.3, -0.25) is 9.97 Å². The number of hydrogen-bond donors (Lipinski definition) is 1. The van der Waals surface area contributed by atoms with Crippen molar-refractivity contribution in [2.75, 3.05) is 4.90 Å². The van der Waals surface area contributed by atoms with Crippen LogP contribution in [0.25, 0.3) is 0 Å². The average molecular weight is 532 g/mol. The number of hydrogen-bond acceptors (Lipinski definition) is 4. The van der Waals surface area contributed by atoms with Crippen LogP contribution in [0.4, 0.5) is 5.69 Å². The molecule has 1 aliphatic heterocycles. The van der Waals surface area contributed by atoms with Gasteiger partial charge in [0.2, 0.25) is 0 Å². The summed E-state index contributed by atoms with van der Waals surface area (Å²) >= 11 is 5.94. The fourth-order valence-electron chi connectivity index (χ4n) is 5.29. The topological polar surface area (TPSA) is 55.2 Å². The molecule has 6 rings (SSSR count). The normalized spacial score (nSPS) is 16.8. The third-order valence-corrected chi connectivity index (χ3v) is 7.53. The molecule has 3 aromatic heterocycles. The van der Waals surface area contributed by atoms with Gasteiger partial charge in [0.05, 0.1) is 17.8 Å². The highest BCUT2D eigenvalue weighted by Gasteiger charge is 2.42. The van der Waals surface area contributed by atoms with Crippen molar-refractivity contribution in [2.24, 2.45) is 0 Å². The summed E-state index contributed by atoms with van der Waals surface area (Å²) < 4.78 is 8.39. The third-order valence-electron chi connectivity index (χ3n) is 7.21. The molecule has 0 amide bonds. The van der Waals surface area contributed by atoms with E-state index in [9.17, 15) is 0 Å². The molecule has 1 fully saturated rings. The highest BCUT2D eigenvalue weighted by molar-refractivity contribution is 7.80. The van der Waals surface area contributed by atoms with Gasteiger partial charge in [-0.2, -0.15) is 0 Å². The first-order valence-electron chi connectivity index (χ1n) is 13.0. The first-order chi connectivity index (χ1) is 19.1. The zero-order valence-corrected chi connectivity index (χ0v) is 22.7. The Kier molecular flexibility index (Phi) is 6.82. The maximum atomic E-state index is 6.03. The molecule has 2 aromatic carbocycles. The van der Waals surface area contributed by atoms with Crippen molar-refractivity contribution in [3.05, 3.63) is 138 Å². The number of pyridine rings is 2. The number of anilines is 1. The van der Waals surface area contributed by atoms with Crippen LogP contribution >= 0.6 is 12.2 Å². The van der Waals surface area contributed by atoms with Crippen LogP contribution in [0, 0.1) is 13.8 Å². The Balaban J connectivity index is 1.38. The SMILES string of the molecule is Cc1cc([C@@H]2[C@H](c3ccccn3)NC(=S)N2c2ccc(Oc3ccccc3)cc2)c(C)n1Cc1ccncc1. The highest BCUT2D eigenvalue weighted by Crippen LogP contribution is 2.43. The summed E-state index contributed by atoms with van der Waals surface area (Å²) in [5.41, 5.74) is 6.78. The molecule has 2 atom stereocenters. The number of para-hydroxylation sites is 1. The maximum absolute atomic E-state index is 6.03. The lowest BCUT2D eigenvalue weighted by atomic mass is 9.96. The number of aromatic nitrogens is 3. The summed E-state index contributed by atoms with van der Waals surface area (Å²) in [6, 6.07) is 30.2. The van der Waals surface area contributed by atoms with Gasteiger partial charge < -0.3 is 19.5 Å². The van der Waals surface area contributed by atoms with Gasteiger partial charge in [-0.1, -0.05) is 24.3 Å². The summed E-state index contributed by atoms with van der Waals surface area (Å²) in [6.07, 6.45) is 5.52. The molecular formula is C32H29N5OS. The maximum Gasteiger partial charge on any atom is 0.174 e. The fourth-order valence-corrected chi connectivity index (χ4v) is 5.64. The van der Waals surface area contributed by atoms with Gasteiger partial charge in [-0.15, -0.1) is 0 Å². The van der Waals surface area contributed by atoms with E-state index in [1.807, 2.05) is 73.2 Å². The van der Waals surface area contributed by atoms with Gasteiger partial charge in [-0.05, 0) is 104 Å². The number of thiocarbonyl (C=S) groups is 1. The summed E-state index contributed by atoms with van der Waals surface area (Å²) in [7, 11) is 0. The summed E-state index contributed by atoms with van der Waals surface area (Å²) in [4.78, 5) is 11.1. The Bertz CT molecular complexity index is 1570. The zero-order valence-electron chi connectivity index (χ0n) is 21.9. The zero-order chi connectivity index (χ0) is 26.8. The van der Waals surface area contributed by atoms with Crippen LogP contribution in [-0.2, 0) is 6.54 Å². The van der Waals surface area contributed by atoms with Crippen molar-refractivity contribution >= 4 is 23.0 Å². The minimum atomic E-state index is -0.103. The van der Waals surface area contributed by atoms with Crippen LogP contribution in [-0.4, -0.2) is 19.6 Å². The summed E-state index contributed by atoms with van der Waals surface area (Å²) in [6.45, 7) is 5.13. The van der Waals surface area contributed by atoms with Gasteiger partial charge in [0.25, 0.3) is 0 Å². The van der Waals surface area contributed by atoms with Crippen LogP contribution in [0.5, 0.6) is 11.5 Å². The lowest BCUT2D eigenvalue weighted by Gasteiger charge is -2.28. The molecule has 0 unspecified atom stereocenters. The molecule has 0 bridgehead atoms.